The number of primary amides is 1. The highest BCUT2D eigenvalue weighted by Gasteiger charge is 2.22. The number of nitrogens with two attached hydrogens (primary N) is 1. The van der Waals surface area contributed by atoms with Crippen LogP contribution in [-0.4, -0.2) is 5.91 Å². The molecule has 0 saturated heterocycles. The highest BCUT2D eigenvalue weighted by molar-refractivity contribution is 9.10. The number of hydrogen-bond acceptors (Lipinski definition) is 1. The normalized spacial score (nSPS) is 12.1. The third kappa shape index (κ3) is 1.58. The summed E-state index contributed by atoms with van der Waals surface area (Å²) in [5.41, 5.74) is 10.7. The Hall–Kier alpha value is -1.61. The van der Waals surface area contributed by atoms with Gasteiger partial charge >= 0.3 is 0 Å². The first kappa shape index (κ1) is 10.5. The van der Waals surface area contributed by atoms with Crippen LogP contribution in [0.1, 0.15) is 21.5 Å². The van der Waals surface area contributed by atoms with Crippen LogP contribution in [0.25, 0.3) is 11.1 Å². The van der Waals surface area contributed by atoms with E-state index in [1.54, 1.807) is 6.07 Å². The van der Waals surface area contributed by atoms with Crippen molar-refractivity contribution in [2.24, 2.45) is 5.73 Å². The van der Waals surface area contributed by atoms with Crippen LogP contribution in [0.2, 0.25) is 0 Å². The lowest BCUT2D eigenvalue weighted by Crippen LogP contribution is -2.13. The van der Waals surface area contributed by atoms with Crippen LogP contribution in [0.3, 0.4) is 0 Å². The van der Waals surface area contributed by atoms with E-state index in [0.29, 0.717) is 5.56 Å². The van der Waals surface area contributed by atoms with Crippen LogP contribution >= 0.6 is 15.9 Å². The zero-order chi connectivity index (χ0) is 12.0. The van der Waals surface area contributed by atoms with Crippen LogP contribution in [0.5, 0.6) is 0 Å². The van der Waals surface area contributed by atoms with Crippen LogP contribution < -0.4 is 5.73 Å². The van der Waals surface area contributed by atoms with Crippen molar-refractivity contribution >= 4 is 21.8 Å². The number of carbonyl (C=O) groups is 1. The molecule has 2 nitrogen and oxygen atoms in total. The fourth-order valence-electron chi connectivity index (χ4n) is 2.42. The molecule has 1 aliphatic carbocycles. The van der Waals surface area contributed by atoms with Crippen molar-refractivity contribution in [3.05, 3.63) is 57.6 Å². The number of rotatable bonds is 1. The van der Waals surface area contributed by atoms with Crippen LogP contribution in [0.15, 0.2) is 40.9 Å². The predicted octanol–water partition coefficient (Wildman–Crippen LogP) is 3.12. The Bertz CT molecular complexity index is 634. The van der Waals surface area contributed by atoms with Gasteiger partial charge in [0.25, 0.3) is 0 Å². The average Bonchev–Trinajstić information content (AvgIpc) is 2.65. The van der Waals surface area contributed by atoms with Gasteiger partial charge in [0.05, 0.1) is 0 Å². The number of carbonyl (C=O) groups excluding carboxylic acids is 1. The van der Waals surface area contributed by atoms with Crippen LogP contribution in [-0.2, 0) is 6.42 Å². The van der Waals surface area contributed by atoms with E-state index in [1.165, 1.54) is 11.1 Å². The Labute approximate surface area is 108 Å². The highest BCUT2D eigenvalue weighted by Crippen LogP contribution is 2.39. The van der Waals surface area contributed by atoms with Gasteiger partial charge in [0.2, 0.25) is 5.91 Å². The summed E-state index contributed by atoms with van der Waals surface area (Å²) in [4.78, 5) is 11.4. The van der Waals surface area contributed by atoms with Crippen molar-refractivity contribution in [1.29, 1.82) is 0 Å². The zero-order valence-electron chi connectivity index (χ0n) is 9.03. The van der Waals surface area contributed by atoms with Gasteiger partial charge in [-0.3, -0.25) is 4.79 Å². The second kappa shape index (κ2) is 3.70. The Balaban J connectivity index is 2.25. The number of amides is 1. The van der Waals surface area contributed by atoms with Gasteiger partial charge in [0, 0.05) is 10.0 Å². The minimum atomic E-state index is -0.353. The molecule has 3 heteroatoms. The molecule has 2 N–H and O–H groups in total. The molecule has 0 unspecified atom stereocenters. The summed E-state index contributed by atoms with van der Waals surface area (Å²) in [6, 6.07) is 11.9. The molecule has 0 fully saturated rings. The lowest BCUT2D eigenvalue weighted by atomic mass is 10.0. The lowest BCUT2D eigenvalue weighted by Gasteiger charge is -2.04. The van der Waals surface area contributed by atoms with Crippen LogP contribution in [0, 0.1) is 0 Å². The van der Waals surface area contributed by atoms with Crippen molar-refractivity contribution < 1.29 is 4.79 Å². The van der Waals surface area contributed by atoms with Crippen molar-refractivity contribution in [3.8, 4) is 11.1 Å². The molecule has 0 saturated carbocycles. The topological polar surface area (TPSA) is 43.1 Å². The molecule has 0 bridgehead atoms. The summed E-state index contributed by atoms with van der Waals surface area (Å²) in [6.45, 7) is 0. The quantitative estimate of drug-likeness (QED) is 0.734. The lowest BCUT2D eigenvalue weighted by molar-refractivity contribution is 0.0999. The molecule has 0 spiro atoms. The molecule has 0 atom stereocenters. The molecule has 1 amide bonds. The van der Waals surface area contributed by atoms with E-state index >= 15 is 0 Å². The third-order valence-corrected chi connectivity index (χ3v) is 3.66. The summed E-state index contributed by atoms with van der Waals surface area (Å²) in [5, 5.41) is 0. The monoisotopic (exact) mass is 287 g/mol. The van der Waals surface area contributed by atoms with E-state index in [2.05, 4.69) is 28.1 Å². The minimum Gasteiger partial charge on any atom is -0.366 e. The summed E-state index contributed by atoms with van der Waals surface area (Å²) in [5.74, 6) is -0.353. The van der Waals surface area contributed by atoms with Gasteiger partial charge in [0.15, 0.2) is 0 Å². The van der Waals surface area contributed by atoms with Gasteiger partial charge in [-0.1, -0.05) is 34.1 Å². The number of fused-ring (bicyclic) bond motifs is 3. The van der Waals surface area contributed by atoms with Crippen molar-refractivity contribution in [3.63, 3.8) is 0 Å². The Morgan fingerprint density at radius 1 is 1.18 bits per heavy atom. The van der Waals surface area contributed by atoms with Crippen molar-refractivity contribution in [2.45, 2.75) is 6.42 Å². The van der Waals surface area contributed by atoms with Gasteiger partial charge in [0.1, 0.15) is 0 Å². The second-order valence-electron chi connectivity index (χ2n) is 4.17. The Morgan fingerprint density at radius 2 is 2.00 bits per heavy atom. The molecule has 0 heterocycles. The van der Waals surface area contributed by atoms with E-state index in [9.17, 15) is 4.79 Å². The minimum absolute atomic E-state index is 0.353. The Morgan fingerprint density at radius 3 is 2.76 bits per heavy atom. The molecule has 0 radical (unpaired) electrons. The predicted molar refractivity (Wildman–Crippen MR) is 70.9 cm³/mol. The maximum absolute atomic E-state index is 11.4. The molecule has 2 aromatic carbocycles. The highest BCUT2D eigenvalue weighted by atomic mass is 79.9. The molecule has 1 aliphatic rings. The fraction of sp³-hybridized carbons (Fsp3) is 0.0714. The van der Waals surface area contributed by atoms with E-state index < -0.39 is 0 Å². The summed E-state index contributed by atoms with van der Waals surface area (Å²) in [6.07, 6.45) is 0.781. The molecule has 17 heavy (non-hydrogen) atoms. The van der Waals surface area contributed by atoms with Gasteiger partial charge in [-0.05, 0) is 46.9 Å². The first-order valence-corrected chi connectivity index (χ1v) is 6.16. The maximum atomic E-state index is 11.4. The van der Waals surface area contributed by atoms with Gasteiger partial charge in [-0.15, -0.1) is 0 Å². The Kier molecular flexibility index (Phi) is 2.30. The second-order valence-corrected chi connectivity index (χ2v) is 5.09. The molecule has 3 rings (SSSR count). The third-order valence-electron chi connectivity index (χ3n) is 3.17. The molecular formula is C14H10BrNO. The van der Waals surface area contributed by atoms with Crippen LogP contribution in [0.4, 0.5) is 0 Å². The van der Waals surface area contributed by atoms with Gasteiger partial charge < -0.3 is 5.73 Å². The largest absolute Gasteiger partial charge is 0.366 e. The number of halogens is 1. The first-order chi connectivity index (χ1) is 8.16. The standard InChI is InChI=1S/C14H10BrNO/c15-9-4-5-10-8(6-9)7-13-11(10)2-1-3-12(13)14(16)17/h1-6H,7H2,(H2,16,17). The zero-order valence-corrected chi connectivity index (χ0v) is 10.6. The number of benzene rings is 2. The van der Waals surface area contributed by atoms with E-state index in [1.807, 2.05) is 18.2 Å². The van der Waals surface area contributed by atoms with Gasteiger partial charge in [-0.25, -0.2) is 0 Å². The van der Waals surface area contributed by atoms with E-state index in [4.69, 9.17) is 5.73 Å². The molecule has 0 aromatic heterocycles. The summed E-state index contributed by atoms with van der Waals surface area (Å²) in [7, 11) is 0. The smallest absolute Gasteiger partial charge is 0.249 e. The summed E-state index contributed by atoms with van der Waals surface area (Å²) >= 11 is 3.47. The molecular weight excluding hydrogens is 278 g/mol. The van der Waals surface area contributed by atoms with Crippen molar-refractivity contribution in [1.82, 2.24) is 0 Å². The van der Waals surface area contributed by atoms with E-state index in [-0.39, 0.29) is 5.91 Å². The SMILES string of the molecule is NC(=O)c1cccc2c1Cc1cc(Br)ccc1-2. The summed E-state index contributed by atoms with van der Waals surface area (Å²) < 4.78 is 1.06. The molecule has 2 aromatic rings. The molecule has 84 valence electrons. The maximum Gasteiger partial charge on any atom is 0.249 e. The fourth-order valence-corrected chi connectivity index (χ4v) is 2.83. The molecule has 0 aliphatic heterocycles. The van der Waals surface area contributed by atoms with Crippen molar-refractivity contribution in [2.75, 3.05) is 0 Å². The number of hydrogen-bond donors (Lipinski definition) is 1. The average molecular weight is 288 g/mol. The van der Waals surface area contributed by atoms with E-state index in [0.717, 1.165) is 22.0 Å². The van der Waals surface area contributed by atoms with Gasteiger partial charge in [-0.2, -0.15) is 0 Å². The first-order valence-electron chi connectivity index (χ1n) is 5.37.